The Balaban J connectivity index is 2.83. The van der Waals surface area contributed by atoms with Crippen LogP contribution >= 0.6 is 0 Å². The van der Waals surface area contributed by atoms with E-state index in [2.05, 4.69) is 0 Å². The largest absolute Gasteiger partial charge is 0.484 e. The molecule has 0 radical (unpaired) electrons. The van der Waals surface area contributed by atoms with E-state index in [4.69, 9.17) is 19.7 Å². The van der Waals surface area contributed by atoms with Crippen molar-refractivity contribution >= 4 is 11.7 Å². The number of benzene rings is 1. The van der Waals surface area contributed by atoms with E-state index in [0.29, 0.717) is 0 Å². The van der Waals surface area contributed by atoms with Gasteiger partial charge in [0.15, 0.2) is 0 Å². The van der Waals surface area contributed by atoms with Gasteiger partial charge in [0.25, 0.3) is 0 Å². The molecule has 1 aromatic rings. The van der Waals surface area contributed by atoms with Crippen molar-refractivity contribution in [2.75, 3.05) is 26.4 Å². The average Bonchev–Trinajstić information content (AvgIpc) is 2.38. The number of carboxylic acid groups (broad SMARTS) is 1. The minimum atomic E-state index is -1.31. The van der Waals surface area contributed by atoms with E-state index in [1.54, 1.807) is 0 Å². The van der Waals surface area contributed by atoms with E-state index in [0.717, 1.165) is 6.07 Å². The molecule has 0 aliphatic rings. The standard InChI is InChI=1S/C11H13NO7/c13-4-5-18-6-7-19-10-8(11(14)15)2-1-3-9(10)12(16)17/h1-3,13H,4-7H2,(H,14,15). The second-order valence-electron chi connectivity index (χ2n) is 3.40. The average molecular weight is 271 g/mol. The van der Waals surface area contributed by atoms with Crippen molar-refractivity contribution in [3.63, 3.8) is 0 Å². The third-order valence-corrected chi connectivity index (χ3v) is 2.13. The number of nitro groups is 1. The maximum Gasteiger partial charge on any atom is 0.339 e. The smallest absolute Gasteiger partial charge is 0.339 e. The van der Waals surface area contributed by atoms with Crippen molar-refractivity contribution in [1.82, 2.24) is 0 Å². The third kappa shape index (κ3) is 4.19. The van der Waals surface area contributed by atoms with Gasteiger partial charge in [0, 0.05) is 6.07 Å². The number of carboxylic acids is 1. The lowest BCUT2D eigenvalue weighted by molar-refractivity contribution is -0.385. The van der Waals surface area contributed by atoms with Crippen molar-refractivity contribution in [3.05, 3.63) is 33.9 Å². The zero-order valence-corrected chi connectivity index (χ0v) is 9.94. The maximum atomic E-state index is 11.0. The minimum Gasteiger partial charge on any atom is -0.484 e. The first kappa shape index (κ1) is 14.9. The van der Waals surface area contributed by atoms with Gasteiger partial charge in [0.05, 0.1) is 24.7 Å². The Morgan fingerprint density at radius 1 is 1.32 bits per heavy atom. The molecule has 0 fully saturated rings. The van der Waals surface area contributed by atoms with Crippen LogP contribution in [0.2, 0.25) is 0 Å². The summed E-state index contributed by atoms with van der Waals surface area (Å²) < 4.78 is 10.0. The van der Waals surface area contributed by atoms with E-state index in [1.165, 1.54) is 12.1 Å². The summed E-state index contributed by atoms with van der Waals surface area (Å²) in [5.41, 5.74) is -0.696. The molecule has 0 saturated carbocycles. The number of hydrogen-bond donors (Lipinski definition) is 2. The number of aromatic carboxylic acids is 1. The Hall–Kier alpha value is -2.19. The fourth-order valence-electron chi connectivity index (χ4n) is 1.36. The van der Waals surface area contributed by atoms with E-state index >= 15 is 0 Å². The first-order valence-corrected chi connectivity index (χ1v) is 5.40. The Morgan fingerprint density at radius 2 is 2.05 bits per heavy atom. The van der Waals surface area contributed by atoms with Crippen LogP contribution in [0.25, 0.3) is 0 Å². The molecule has 0 amide bonds. The molecule has 0 atom stereocenters. The molecule has 19 heavy (non-hydrogen) atoms. The molecule has 2 N–H and O–H groups in total. The number of hydrogen-bond acceptors (Lipinski definition) is 6. The molecule has 1 aromatic carbocycles. The molecular formula is C11H13NO7. The van der Waals surface area contributed by atoms with Crippen LogP contribution in [0.1, 0.15) is 10.4 Å². The van der Waals surface area contributed by atoms with Gasteiger partial charge in [-0.25, -0.2) is 4.79 Å². The molecule has 8 nitrogen and oxygen atoms in total. The number of rotatable bonds is 8. The van der Waals surface area contributed by atoms with E-state index < -0.39 is 16.6 Å². The van der Waals surface area contributed by atoms with E-state index in [-0.39, 0.29) is 37.7 Å². The monoisotopic (exact) mass is 271 g/mol. The van der Waals surface area contributed by atoms with Crippen molar-refractivity contribution in [1.29, 1.82) is 0 Å². The van der Waals surface area contributed by atoms with E-state index in [9.17, 15) is 14.9 Å². The Kier molecular flexibility index (Phi) is 5.71. The highest BCUT2D eigenvalue weighted by atomic mass is 16.6. The number of nitrogens with zero attached hydrogens (tertiary/aromatic N) is 1. The zero-order valence-electron chi connectivity index (χ0n) is 9.94. The second-order valence-corrected chi connectivity index (χ2v) is 3.40. The summed E-state index contributed by atoms with van der Waals surface area (Å²) in [6, 6.07) is 3.66. The highest BCUT2D eigenvalue weighted by Gasteiger charge is 2.22. The first-order chi connectivity index (χ1) is 9.07. The molecule has 8 heteroatoms. The molecule has 104 valence electrons. The van der Waals surface area contributed by atoms with Gasteiger partial charge in [-0.2, -0.15) is 0 Å². The van der Waals surface area contributed by atoms with Gasteiger partial charge in [0.2, 0.25) is 5.75 Å². The topological polar surface area (TPSA) is 119 Å². The number of nitro benzene ring substituents is 1. The number of aliphatic hydroxyl groups excluding tert-OH is 1. The molecule has 0 aliphatic heterocycles. The summed E-state index contributed by atoms with van der Waals surface area (Å²) in [5.74, 6) is -1.61. The van der Waals surface area contributed by atoms with Crippen molar-refractivity contribution in [3.8, 4) is 5.75 Å². The van der Waals surface area contributed by atoms with Gasteiger partial charge in [-0.15, -0.1) is 0 Å². The van der Waals surface area contributed by atoms with Gasteiger partial charge in [0.1, 0.15) is 12.2 Å². The molecule has 0 aromatic heterocycles. The highest BCUT2D eigenvalue weighted by Crippen LogP contribution is 2.30. The van der Waals surface area contributed by atoms with Crippen molar-refractivity contribution in [2.24, 2.45) is 0 Å². The molecule has 0 spiro atoms. The summed E-state index contributed by atoms with van der Waals surface area (Å²) in [6.45, 7) is 0.00862. The zero-order chi connectivity index (χ0) is 14.3. The van der Waals surface area contributed by atoms with Crippen LogP contribution in [0.5, 0.6) is 5.75 Å². The Labute approximate surface area is 108 Å². The van der Waals surface area contributed by atoms with Crippen LogP contribution in [0.4, 0.5) is 5.69 Å². The summed E-state index contributed by atoms with van der Waals surface area (Å²) in [4.78, 5) is 21.1. The van der Waals surface area contributed by atoms with Gasteiger partial charge < -0.3 is 19.7 Å². The molecule has 0 bridgehead atoms. The predicted octanol–water partition coefficient (Wildman–Crippen LogP) is 0.681. The van der Waals surface area contributed by atoms with Crippen LogP contribution in [0.3, 0.4) is 0 Å². The predicted molar refractivity (Wildman–Crippen MR) is 63.5 cm³/mol. The fourth-order valence-corrected chi connectivity index (χ4v) is 1.36. The summed E-state index contributed by atoms with van der Waals surface area (Å²) in [7, 11) is 0. The molecule has 0 saturated heterocycles. The number of carbonyl (C=O) groups is 1. The molecule has 0 unspecified atom stereocenters. The van der Waals surface area contributed by atoms with Gasteiger partial charge >= 0.3 is 11.7 Å². The summed E-state index contributed by atoms with van der Waals surface area (Å²) >= 11 is 0. The Morgan fingerprint density at radius 3 is 2.63 bits per heavy atom. The van der Waals surface area contributed by atoms with Crippen LogP contribution in [-0.4, -0.2) is 47.5 Å². The quantitative estimate of drug-likeness (QED) is 0.405. The van der Waals surface area contributed by atoms with E-state index in [1.807, 2.05) is 0 Å². The number of aliphatic hydroxyl groups is 1. The second kappa shape index (κ2) is 7.29. The lowest BCUT2D eigenvalue weighted by Crippen LogP contribution is -2.12. The van der Waals surface area contributed by atoms with Crippen LogP contribution in [0.15, 0.2) is 18.2 Å². The van der Waals surface area contributed by atoms with Crippen LogP contribution in [0, 0.1) is 10.1 Å². The molecule has 0 heterocycles. The van der Waals surface area contributed by atoms with Gasteiger partial charge in [-0.1, -0.05) is 6.07 Å². The van der Waals surface area contributed by atoms with Crippen LogP contribution in [-0.2, 0) is 4.74 Å². The number of para-hydroxylation sites is 1. The summed E-state index contributed by atoms with van der Waals surface area (Å²) in [5, 5.41) is 28.2. The molecule has 0 aliphatic carbocycles. The first-order valence-electron chi connectivity index (χ1n) is 5.40. The van der Waals surface area contributed by atoms with Crippen molar-refractivity contribution in [2.45, 2.75) is 0 Å². The Bertz CT molecular complexity index is 428. The van der Waals surface area contributed by atoms with Gasteiger partial charge in [-0.05, 0) is 6.07 Å². The molecular weight excluding hydrogens is 258 g/mol. The fraction of sp³-hybridized carbons (Fsp3) is 0.364. The van der Waals surface area contributed by atoms with Crippen molar-refractivity contribution < 1.29 is 29.4 Å². The maximum absolute atomic E-state index is 11.0. The SMILES string of the molecule is O=C(O)c1cccc([N+](=O)[O-])c1OCCOCCO. The minimum absolute atomic E-state index is 0.0505. The third-order valence-electron chi connectivity index (χ3n) is 2.13. The lowest BCUT2D eigenvalue weighted by Gasteiger charge is -2.09. The number of ether oxygens (including phenoxy) is 2. The molecule has 1 rings (SSSR count). The van der Waals surface area contributed by atoms with Gasteiger partial charge in [-0.3, -0.25) is 10.1 Å². The van der Waals surface area contributed by atoms with Crippen LogP contribution < -0.4 is 4.74 Å². The summed E-state index contributed by atoms with van der Waals surface area (Å²) in [6.07, 6.45) is 0. The lowest BCUT2D eigenvalue weighted by atomic mass is 10.2. The normalized spacial score (nSPS) is 10.2. The highest BCUT2D eigenvalue weighted by molar-refractivity contribution is 5.92.